The molecule has 0 N–H and O–H groups in total. The molecule has 0 radical (unpaired) electrons. The fourth-order valence-electron chi connectivity index (χ4n) is 5.13. The number of hydrogen-bond donors (Lipinski definition) is 0. The average Bonchev–Trinajstić information content (AvgIpc) is 3.06. The maximum absolute atomic E-state index is 2.39. The van der Waals surface area contributed by atoms with Gasteiger partial charge in [0.1, 0.15) is 0 Å². The summed E-state index contributed by atoms with van der Waals surface area (Å²) in [5.41, 5.74) is 4.83. The van der Waals surface area contributed by atoms with Gasteiger partial charge in [-0.1, -0.05) is 66.7 Å². The molecule has 23 heavy (non-hydrogen) atoms. The highest BCUT2D eigenvalue weighted by molar-refractivity contribution is 5.87. The van der Waals surface area contributed by atoms with Crippen LogP contribution in [0.1, 0.15) is 47.8 Å². The van der Waals surface area contributed by atoms with Crippen molar-refractivity contribution in [3.63, 3.8) is 0 Å². The Hall–Kier alpha value is -2.08. The number of rotatable bonds is 1. The lowest BCUT2D eigenvalue weighted by Crippen LogP contribution is -2.16. The minimum absolute atomic E-state index is 0.746. The summed E-state index contributed by atoms with van der Waals surface area (Å²) in [7, 11) is 0. The zero-order valence-electron chi connectivity index (χ0n) is 13.4. The minimum Gasteiger partial charge on any atom is -0.0622 e. The molecule has 3 atom stereocenters. The summed E-state index contributed by atoms with van der Waals surface area (Å²) in [6.07, 6.45) is 5.34. The van der Waals surface area contributed by atoms with Crippen LogP contribution in [0.5, 0.6) is 0 Å². The molecule has 0 heterocycles. The normalized spacial score (nSPS) is 26.0. The molecule has 0 aromatic heterocycles. The molecule has 3 unspecified atom stereocenters. The maximum atomic E-state index is 2.39. The fraction of sp³-hybridized carbons (Fsp3) is 0.304. The first-order chi connectivity index (χ1) is 11.4. The number of benzene rings is 3. The Labute approximate surface area is 138 Å². The van der Waals surface area contributed by atoms with E-state index in [1.165, 1.54) is 36.5 Å². The van der Waals surface area contributed by atoms with Crippen molar-refractivity contribution < 1.29 is 0 Å². The van der Waals surface area contributed by atoms with Crippen molar-refractivity contribution in [2.75, 3.05) is 0 Å². The van der Waals surface area contributed by atoms with Gasteiger partial charge >= 0.3 is 0 Å². The third-order valence-corrected chi connectivity index (χ3v) is 6.18. The third-order valence-electron chi connectivity index (χ3n) is 6.18. The number of hydrogen-bond acceptors (Lipinski definition) is 0. The van der Waals surface area contributed by atoms with Crippen LogP contribution in [0.15, 0.2) is 66.7 Å². The van der Waals surface area contributed by atoms with Crippen LogP contribution in [0, 0.1) is 5.92 Å². The quantitative estimate of drug-likeness (QED) is 0.512. The minimum atomic E-state index is 0.746. The standard InChI is InChI=1S/C23H22/c1-2-6-16(7-3-1)20-14-19-13-12-18-11-10-17-8-4-5-9-21(17)23(18)22(19)15-20/h1-11,19-20,22H,12-15H2. The second kappa shape index (κ2) is 5.23. The van der Waals surface area contributed by atoms with Gasteiger partial charge < -0.3 is 0 Å². The Bertz CT molecular complexity index is 846. The molecule has 1 saturated carbocycles. The summed E-state index contributed by atoms with van der Waals surface area (Å²) < 4.78 is 0. The Kier molecular flexibility index (Phi) is 3.04. The SMILES string of the molecule is c1ccc(C2CC3CCc4ccc5ccccc5c4C3C2)cc1. The van der Waals surface area contributed by atoms with Crippen LogP contribution in [0.4, 0.5) is 0 Å². The average molecular weight is 298 g/mol. The van der Waals surface area contributed by atoms with E-state index in [0.717, 1.165) is 17.8 Å². The summed E-state index contributed by atoms with van der Waals surface area (Å²) in [5, 5.41) is 2.92. The molecule has 0 saturated heterocycles. The van der Waals surface area contributed by atoms with Crippen molar-refractivity contribution in [2.45, 2.75) is 37.5 Å². The van der Waals surface area contributed by atoms with Crippen LogP contribution in [0.2, 0.25) is 0 Å². The van der Waals surface area contributed by atoms with Crippen molar-refractivity contribution >= 4 is 10.8 Å². The lowest BCUT2D eigenvalue weighted by Gasteiger charge is -2.29. The summed E-state index contributed by atoms with van der Waals surface area (Å²) >= 11 is 0. The molecule has 0 amide bonds. The van der Waals surface area contributed by atoms with Crippen molar-refractivity contribution in [3.8, 4) is 0 Å². The predicted octanol–water partition coefficient (Wildman–Crippen LogP) is 6.06. The maximum Gasteiger partial charge on any atom is -0.0119 e. The van der Waals surface area contributed by atoms with Gasteiger partial charge in [-0.15, -0.1) is 0 Å². The van der Waals surface area contributed by atoms with Crippen LogP contribution in [0.25, 0.3) is 10.8 Å². The van der Waals surface area contributed by atoms with Gasteiger partial charge in [-0.05, 0) is 70.9 Å². The lowest BCUT2D eigenvalue weighted by atomic mass is 9.75. The molecule has 0 nitrogen and oxygen atoms in total. The van der Waals surface area contributed by atoms with E-state index >= 15 is 0 Å². The first-order valence-electron chi connectivity index (χ1n) is 8.95. The zero-order valence-corrected chi connectivity index (χ0v) is 13.4. The van der Waals surface area contributed by atoms with E-state index in [-0.39, 0.29) is 0 Å². The molecule has 2 aliphatic rings. The van der Waals surface area contributed by atoms with E-state index in [0.29, 0.717) is 0 Å². The van der Waals surface area contributed by atoms with Crippen molar-refractivity contribution in [2.24, 2.45) is 5.92 Å². The topological polar surface area (TPSA) is 0 Å². The monoisotopic (exact) mass is 298 g/mol. The van der Waals surface area contributed by atoms with Gasteiger partial charge in [0.15, 0.2) is 0 Å². The van der Waals surface area contributed by atoms with Gasteiger partial charge in [0.05, 0.1) is 0 Å². The second-order valence-corrected chi connectivity index (χ2v) is 7.34. The van der Waals surface area contributed by atoms with Gasteiger partial charge in [-0.2, -0.15) is 0 Å². The Morgan fingerprint density at radius 1 is 0.739 bits per heavy atom. The zero-order chi connectivity index (χ0) is 15.2. The summed E-state index contributed by atoms with van der Waals surface area (Å²) in [5.74, 6) is 2.38. The number of fused-ring (bicyclic) bond motifs is 5. The molecule has 0 bridgehead atoms. The molecule has 2 aliphatic carbocycles. The molecule has 3 aromatic rings. The van der Waals surface area contributed by atoms with Crippen LogP contribution in [-0.2, 0) is 6.42 Å². The Morgan fingerprint density at radius 2 is 1.57 bits per heavy atom. The van der Waals surface area contributed by atoms with Crippen molar-refractivity contribution in [1.29, 1.82) is 0 Å². The highest BCUT2D eigenvalue weighted by Crippen LogP contribution is 2.53. The van der Waals surface area contributed by atoms with Crippen LogP contribution >= 0.6 is 0 Å². The molecular weight excluding hydrogens is 276 g/mol. The van der Waals surface area contributed by atoms with E-state index in [1.54, 1.807) is 16.7 Å². The van der Waals surface area contributed by atoms with Gasteiger partial charge in [0.2, 0.25) is 0 Å². The Morgan fingerprint density at radius 3 is 2.48 bits per heavy atom. The molecule has 0 spiro atoms. The highest BCUT2D eigenvalue weighted by Gasteiger charge is 2.39. The lowest BCUT2D eigenvalue weighted by molar-refractivity contribution is 0.424. The third kappa shape index (κ3) is 2.12. The molecule has 5 rings (SSSR count). The van der Waals surface area contributed by atoms with Crippen LogP contribution in [0.3, 0.4) is 0 Å². The first kappa shape index (κ1) is 13.4. The van der Waals surface area contributed by atoms with E-state index in [9.17, 15) is 0 Å². The predicted molar refractivity (Wildman–Crippen MR) is 96.9 cm³/mol. The van der Waals surface area contributed by atoms with E-state index in [1.807, 2.05) is 0 Å². The summed E-state index contributed by atoms with van der Waals surface area (Å²) in [6.45, 7) is 0. The molecule has 0 aliphatic heterocycles. The van der Waals surface area contributed by atoms with Gasteiger partial charge in [0.25, 0.3) is 0 Å². The van der Waals surface area contributed by atoms with Crippen molar-refractivity contribution in [3.05, 3.63) is 83.4 Å². The Balaban J connectivity index is 1.60. The number of aryl methyl sites for hydroxylation is 1. The van der Waals surface area contributed by atoms with Crippen LogP contribution in [-0.4, -0.2) is 0 Å². The van der Waals surface area contributed by atoms with E-state index in [2.05, 4.69) is 66.7 Å². The fourth-order valence-corrected chi connectivity index (χ4v) is 5.13. The largest absolute Gasteiger partial charge is 0.0622 e. The summed E-state index contributed by atoms with van der Waals surface area (Å²) in [6, 6.07) is 24.9. The van der Waals surface area contributed by atoms with E-state index < -0.39 is 0 Å². The van der Waals surface area contributed by atoms with Crippen molar-refractivity contribution in [1.82, 2.24) is 0 Å². The van der Waals surface area contributed by atoms with Gasteiger partial charge in [-0.25, -0.2) is 0 Å². The van der Waals surface area contributed by atoms with Gasteiger partial charge in [-0.3, -0.25) is 0 Å². The molecule has 3 aromatic carbocycles. The molecule has 0 heteroatoms. The van der Waals surface area contributed by atoms with E-state index in [4.69, 9.17) is 0 Å². The smallest absolute Gasteiger partial charge is 0.0119 e. The molecule has 1 fully saturated rings. The summed E-state index contributed by atoms with van der Waals surface area (Å²) in [4.78, 5) is 0. The van der Waals surface area contributed by atoms with Gasteiger partial charge in [0, 0.05) is 0 Å². The second-order valence-electron chi connectivity index (χ2n) is 7.34. The first-order valence-corrected chi connectivity index (χ1v) is 8.95. The molecule has 114 valence electrons. The van der Waals surface area contributed by atoms with Crippen LogP contribution < -0.4 is 0 Å². The highest BCUT2D eigenvalue weighted by atomic mass is 14.4. The molecular formula is C23H22.